The first-order valence-corrected chi connectivity index (χ1v) is 11.0. The molecule has 0 radical (unpaired) electrons. The molecule has 1 saturated carbocycles. The fraction of sp³-hybridized carbons (Fsp3) is 0.762. The van der Waals surface area contributed by atoms with Crippen LogP contribution in [0.1, 0.15) is 43.9 Å². The van der Waals surface area contributed by atoms with E-state index in [0.29, 0.717) is 11.3 Å². The van der Waals surface area contributed by atoms with Crippen molar-refractivity contribution in [2.24, 2.45) is 11.3 Å². The Kier molecular flexibility index (Phi) is 4.91. The maximum Gasteiger partial charge on any atom is 0.219 e. The molecule has 2 saturated heterocycles. The summed E-state index contributed by atoms with van der Waals surface area (Å²) in [6.45, 7) is 7.35. The van der Waals surface area contributed by atoms with Crippen molar-refractivity contribution in [2.75, 3.05) is 46.8 Å². The fourth-order valence-electron chi connectivity index (χ4n) is 5.55. The van der Waals surface area contributed by atoms with Gasteiger partial charge in [-0.3, -0.25) is 9.69 Å². The van der Waals surface area contributed by atoms with Gasteiger partial charge < -0.3 is 9.80 Å². The van der Waals surface area contributed by atoms with Gasteiger partial charge in [0, 0.05) is 43.9 Å². The van der Waals surface area contributed by atoms with E-state index in [4.69, 9.17) is 0 Å². The van der Waals surface area contributed by atoms with Crippen LogP contribution in [0.4, 0.5) is 0 Å². The van der Waals surface area contributed by atoms with Gasteiger partial charge >= 0.3 is 0 Å². The molecule has 1 amide bonds. The zero-order chi connectivity index (χ0) is 18.4. The van der Waals surface area contributed by atoms with E-state index < -0.39 is 0 Å². The molecule has 3 heterocycles. The van der Waals surface area contributed by atoms with Gasteiger partial charge in [-0.2, -0.15) is 0 Å². The standard InChI is InChI=1S/C21H33N3OS/c1-17(25)24-14-18(15-24)13-23-11-10-20(16-23)6-8-21(9-7-20,22(2)3)19-5-4-12-26-19/h4-5,12,18H,6-11,13-16H2,1-3H3. The summed E-state index contributed by atoms with van der Waals surface area (Å²) in [5, 5.41) is 2.23. The Labute approximate surface area is 162 Å². The zero-order valence-electron chi connectivity index (χ0n) is 16.5. The van der Waals surface area contributed by atoms with Gasteiger partial charge in [-0.05, 0) is 69.6 Å². The van der Waals surface area contributed by atoms with E-state index in [9.17, 15) is 4.79 Å². The van der Waals surface area contributed by atoms with Crippen molar-refractivity contribution in [3.8, 4) is 0 Å². The van der Waals surface area contributed by atoms with E-state index >= 15 is 0 Å². The minimum Gasteiger partial charge on any atom is -0.342 e. The number of carbonyl (C=O) groups excluding carboxylic acids is 1. The first-order chi connectivity index (χ1) is 12.4. The van der Waals surface area contributed by atoms with Crippen LogP contribution in [0.25, 0.3) is 0 Å². The molecule has 2 aliphatic heterocycles. The van der Waals surface area contributed by atoms with Gasteiger partial charge in [-0.1, -0.05) is 6.07 Å². The minimum atomic E-state index is 0.236. The number of hydrogen-bond acceptors (Lipinski definition) is 4. The van der Waals surface area contributed by atoms with Crippen LogP contribution in [0.5, 0.6) is 0 Å². The Bertz CT molecular complexity index is 628. The summed E-state index contributed by atoms with van der Waals surface area (Å²) < 4.78 is 0. The number of nitrogens with zero attached hydrogens (tertiary/aromatic N) is 3. The molecule has 144 valence electrons. The largest absolute Gasteiger partial charge is 0.342 e. The molecule has 0 unspecified atom stereocenters. The Morgan fingerprint density at radius 2 is 1.96 bits per heavy atom. The van der Waals surface area contributed by atoms with Crippen molar-refractivity contribution in [3.63, 3.8) is 0 Å². The third-order valence-corrected chi connectivity index (χ3v) is 8.47. The van der Waals surface area contributed by atoms with E-state index in [1.165, 1.54) is 51.7 Å². The summed E-state index contributed by atoms with van der Waals surface area (Å²) in [5.41, 5.74) is 0.795. The molecule has 1 spiro atoms. The summed E-state index contributed by atoms with van der Waals surface area (Å²) >= 11 is 1.93. The molecule has 5 heteroatoms. The second-order valence-corrected chi connectivity index (χ2v) is 10.1. The van der Waals surface area contributed by atoms with Crippen molar-refractivity contribution >= 4 is 17.2 Å². The van der Waals surface area contributed by atoms with Crippen molar-refractivity contribution < 1.29 is 4.79 Å². The number of thiophene rings is 1. The highest BCUT2D eigenvalue weighted by Crippen LogP contribution is 2.52. The summed E-state index contributed by atoms with van der Waals surface area (Å²) in [6.07, 6.45) is 6.64. The zero-order valence-corrected chi connectivity index (χ0v) is 17.4. The summed E-state index contributed by atoms with van der Waals surface area (Å²) in [5.74, 6) is 0.935. The Hall–Kier alpha value is -0.910. The molecule has 1 aromatic heterocycles. The van der Waals surface area contributed by atoms with Crippen LogP contribution in [0.15, 0.2) is 17.5 Å². The molecule has 3 fully saturated rings. The van der Waals surface area contributed by atoms with Crippen molar-refractivity contribution in [3.05, 3.63) is 22.4 Å². The Morgan fingerprint density at radius 3 is 2.54 bits per heavy atom. The molecular formula is C21H33N3OS. The molecule has 0 N–H and O–H groups in total. The molecule has 4 nitrogen and oxygen atoms in total. The SMILES string of the molecule is CC(=O)N1CC(CN2CCC3(CCC(c4cccs4)(N(C)C)CC3)C2)C1. The molecular weight excluding hydrogens is 342 g/mol. The Morgan fingerprint density at radius 1 is 1.23 bits per heavy atom. The van der Waals surface area contributed by atoms with Gasteiger partial charge in [-0.25, -0.2) is 0 Å². The number of amides is 1. The molecule has 1 aromatic rings. The van der Waals surface area contributed by atoms with Crippen LogP contribution in [-0.2, 0) is 10.3 Å². The average molecular weight is 376 g/mol. The highest BCUT2D eigenvalue weighted by Gasteiger charge is 2.48. The highest BCUT2D eigenvalue weighted by molar-refractivity contribution is 7.10. The lowest BCUT2D eigenvalue weighted by Gasteiger charge is -2.48. The lowest BCUT2D eigenvalue weighted by atomic mass is 9.66. The van der Waals surface area contributed by atoms with Crippen LogP contribution >= 0.6 is 11.3 Å². The molecule has 0 bridgehead atoms. The summed E-state index contributed by atoms with van der Waals surface area (Å²) in [6, 6.07) is 4.54. The van der Waals surface area contributed by atoms with Gasteiger partial charge in [0.1, 0.15) is 0 Å². The molecule has 3 aliphatic rings. The third kappa shape index (κ3) is 3.23. The van der Waals surface area contributed by atoms with E-state index in [-0.39, 0.29) is 11.4 Å². The molecule has 0 aromatic carbocycles. The van der Waals surface area contributed by atoms with E-state index in [0.717, 1.165) is 13.1 Å². The van der Waals surface area contributed by atoms with Crippen molar-refractivity contribution in [1.29, 1.82) is 0 Å². The number of likely N-dealkylation sites (tertiary alicyclic amines) is 2. The summed E-state index contributed by atoms with van der Waals surface area (Å²) in [4.78, 5) is 20.1. The number of rotatable bonds is 4. The average Bonchev–Trinajstić information content (AvgIpc) is 3.22. The maximum atomic E-state index is 11.4. The van der Waals surface area contributed by atoms with Gasteiger partial charge in [-0.15, -0.1) is 11.3 Å². The normalized spacial score (nSPS) is 33.2. The summed E-state index contributed by atoms with van der Waals surface area (Å²) in [7, 11) is 4.52. The monoisotopic (exact) mass is 375 g/mol. The molecule has 1 aliphatic carbocycles. The predicted octanol–water partition coefficient (Wildman–Crippen LogP) is 3.25. The third-order valence-electron chi connectivity index (χ3n) is 7.41. The smallest absolute Gasteiger partial charge is 0.219 e. The van der Waals surface area contributed by atoms with E-state index in [1.807, 2.05) is 16.2 Å². The lowest BCUT2D eigenvalue weighted by molar-refractivity contribution is -0.135. The van der Waals surface area contributed by atoms with Crippen LogP contribution in [0, 0.1) is 11.3 Å². The molecule has 26 heavy (non-hydrogen) atoms. The van der Waals surface area contributed by atoms with E-state index in [2.05, 4.69) is 41.4 Å². The van der Waals surface area contributed by atoms with Crippen LogP contribution in [-0.4, -0.2) is 67.4 Å². The van der Waals surface area contributed by atoms with Crippen molar-refractivity contribution in [1.82, 2.24) is 14.7 Å². The van der Waals surface area contributed by atoms with Crippen LogP contribution in [0.2, 0.25) is 0 Å². The van der Waals surface area contributed by atoms with Crippen LogP contribution < -0.4 is 0 Å². The van der Waals surface area contributed by atoms with Gasteiger partial charge in [0.05, 0.1) is 5.54 Å². The van der Waals surface area contributed by atoms with Crippen LogP contribution in [0.3, 0.4) is 0 Å². The number of carbonyl (C=O) groups is 1. The molecule has 0 atom stereocenters. The topological polar surface area (TPSA) is 26.8 Å². The van der Waals surface area contributed by atoms with Crippen molar-refractivity contribution in [2.45, 2.75) is 44.6 Å². The first-order valence-electron chi connectivity index (χ1n) is 10.1. The molecule has 4 rings (SSSR count). The minimum absolute atomic E-state index is 0.236. The maximum absolute atomic E-state index is 11.4. The lowest BCUT2D eigenvalue weighted by Crippen LogP contribution is -2.53. The first kappa shape index (κ1) is 18.5. The fourth-order valence-corrected chi connectivity index (χ4v) is 6.62. The predicted molar refractivity (Wildman–Crippen MR) is 107 cm³/mol. The van der Waals surface area contributed by atoms with Gasteiger partial charge in [0.2, 0.25) is 5.91 Å². The second-order valence-electron chi connectivity index (χ2n) is 9.18. The van der Waals surface area contributed by atoms with E-state index in [1.54, 1.807) is 11.8 Å². The quantitative estimate of drug-likeness (QED) is 0.808. The highest BCUT2D eigenvalue weighted by atomic mass is 32.1. The van der Waals surface area contributed by atoms with Gasteiger partial charge in [0.15, 0.2) is 0 Å². The number of hydrogen-bond donors (Lipinski definition) is 0. The Balaban J connectivity index is 1.34. The second kappa shape index (κ2) is 6.92. The van der Waals surface area contributed by atoms with Gasteiger partial charge in [0.25, 0.3) is 0 Å².